The van der Waals surface area contributed by atoms with E-state index in [4.69, 9.17) is 0 Å². The van der Waals surface area contributed by atoms with Gasteiger partial charge in [-0.1, -0.05) is 33.6 Å². The zero-order valence-electron chi connectivity index (χ0n) is 10.2. The van der Waals surface area contributed by atoms with E-state index in [1.54, 1.807) is 0 Å². The molecule has 0 amide bonds. The molecular formula is C13H27N. The SMILES string of the molecule is CCCNC(CC)C1CCCC(C)C1. The Morgan fingerprint density at radius 1 is 1.29 bits per heavy atom. The Morgan fingerprint density at radius 3 is 2.64 bits per heavy atom. The van der Waals surface area contributed by atoms with Gasteiger partial charge in [0, 0.05) is 6.04 Å². The minimum atomic E-state index is 0.790. The largest absolute Gasteiger partial charge is 0.314 e. The van der Waals surface area contributed by atoms with E-state index < -0.39 is 0 Å². The molecule has 1 aliphatic carbocycles. The molecule has 1 rings (SSSR count). The maximum absolute atomic E-state index is 3.71. The van der Waals surface area contributed by atoms with Crippen molar-refractivity contribution in [1.29, 1.82) is 0 Å². The summed E-state index contributed by atoms with van der Waals surface area (Å²) in [5.41, 5.74) is 0. The molecule has 14 heavy (non-hydrogen) atoms. The fourth-order valence-electron chi connectivity index (χ4n) is 2.82. The van der Waals surface area contributed by atoms with Crippen molar-refractivity contribution in [2.24, 2.45) is 11.8 Å². The van der Waals surface area contributed by atoms with Gasteiger partial charge in [0.25, 0.3) is 0 Å². The second-order valence-electron chi connectivity index (χ2n) is 5.00. The molecule has 0 aromatic rings. The molecule has 1 saturated carbocycles. The van der Waals surface area contributed by atoms with Crippen LogP contribution in [-0.4, -0.2) is 12.6 Å². The predicted octanol–water partition coefficient (Wildman–Crippen LogP) is 3.59. The van der Waals surface area contributed by atoms with E-state index in [0.717, 1.165) is 17.9 Å². The van der Waals surface area contributed by atoms with Gasteiger partial charge >= 0.3 is 0 Å². The van der Waals surface area contributed by atoms with Gasteiger partial charge in [-0.2, -0.15) is 0 Å². The minimum absolute atomic E-state index is 0.790. The van der Waals surface area contributed by atoms with Gasteiger partial charge in [-0.15, -0.1) is 0 Å². The molecule has 1 aliphatic rings. The third-order valence-electron chi connectivity index (χ3n) is 3.64. The van der Waals surface area contributed by atoms with Crippen LogP contribution >= 0.6 is 0 Å². The summed E-state index contributed by atoms with van der Waals surface area (Å²) in [7, 11) is 0. The summed E-state index contributed by atoms with van der Waals surface area (Å²) in [5.74, 6) is 1.92. The minimum Gasteiger partial charge on any atom is -0.314 e. The fraction of sp³-hybridized carbons (Fsp3) is 1.00. The van der Waals surface area contributed by atoms with E-state index in [1.165, 1.54) is 45.1 Å². The quantitative estimate of drug-likeness (QED) is 0.710. The first kappa shape index (κ1) is 12.0. The Hall–Kier alpha value is -0.0400. The molecule has 0 bridgehead atoms. The Morgan fingerprint density at radius 2 is 2.07 bits per heavy atom. The number of nitrogens with one attached hydrogen (secondary N) is 1. The van der Waals surface area contributed by atoms with Crippen LogP contribution in [0.5, 0.6) is 0 Å². The Bertz CT molecular complexity index is 144. The van der Waals surface area contributed by atoms with E-state index in [0.29, 0.717) is 0 Å². The summed E-state index contributed by atoms with van der Waals surface area (Å²) < 4.78 is 0. The second kappa shape index (κ2) is 6.44. The third kappa shape index (κ3) is 3.61. The maximum Gasteiger partial charge on any atom is 0.00927 e. The van der Waals surface area contributed by atoms with Crippen molar-refractivity contribution in [1.82, 2.24) is 5.32 Å². The van der Waals surface area contributed by atoms with Gasteiger partial charge in [0.1, 0.15) is 0 Å². The molecular weight excluding hydrogens is 170 g/mol. The number of rotatable bonds is 5. The molecule has 1 fully saturated rings. The van der Waals surface area contributed by atoms with Crippen LogP contribution in [0.25, 0.3) is 0 Å². The van der Waals surface area contributed by atoms with Gasteiger partial charge in [-0.05, 0) is 44.1 Å². The molecule has 0 aliphatic heterocycles. The third-order valence-corrected chi connectivity index (χ3v) is 3.64. The molecule has 3 atom stereocenters. The highest BCUT2D eigenvalue weighted by Gasteiger charge is 2.24. The first-order chi connectivity index (χ1) is 6.77. The van der Waals surface area contributed by atoms with Crippen molar-refractivity contribution in [3.05, 3.63) is 0 Å². The van der Waals surface area contributed by atoms with Crippen LogP contribution in [0.2, 0.25) is 0 Å². The molecule has 0 aromatic carbocycles. The lowest BCUT2D eigenvalue weighted by molar-refractivity contribution is 0.218. The standard InChI is InChI=1S/C13H27N/c1-4-9-14-13(5-2)12-8-6-7-11(3)10-12/h11-14H,4-10H2,1-3H3. The normalized spacial score (nSPS) is 30.2. The summed E-state index contributed by atoms with van der Waals surface area (Å²) >= 11 is 0. The highest BCUT2D eigenvalue weighted by molar-refractivity contribution is 4.80. The zero-order chi connectivity index (χ0) is 10.4. The van der Waals surface area contributed by atoms with E-state index in [9.17, 15) is 0 Å². The predicted molar refractivity (Wildman–Crippen MR) is 63.5 cm³/mol. The Labute approximate surface area is 89.7 Å². The van der Waals surface area contributed by atoms with Crippen LogP contribution in [0.3, 0.4) is 0 Å². The summed E-state index contributed by atoms with van der Waals surface area (Å²) in [6, 6.07) is 0.790. The molecule has 84 valence electrons. The average molecular weight is 197 g/mol. The van der Waals surface area contributed by atoms with Gasteiger partial charge in [-0.25, -0.2) is 0 Å². The average Bonchev–Trinajstić information content (AvgIpc) is 2.19. The molecule has 1 N–H and O–H groups in total. The van der Waals surface area contributed by atoms with Gasteiger partial charge < -0.3 is 5.32 Å². The summed E-state index contributed by atoms with van der Waals surface area (Å²) in [6.45, 7) is 8.19. The molecule has 0 radical (unpaired) electrons. The first-order valence-corrected chi connectivity index (χ1v) is 6.51. The smallest absolute Gasteiger partial charge is 0.00927 e. The molecule has 1 nitrogen and oxygen atoms in total. The molecule has 3 unspecified atom stereocenters. The summed E-state index contributed by atoms with van der Waals surface area (Å²) in [6.07, 6.45) is 8.39. The van der Waals surface area contributed by atoms with Gasteiger partial charge in [-0.3, -0.25) is 0 Å². The van der Waals surface area contributed by atoms with Crippen LogP contribution in [0.15, 0.2) is 0 Å². The van der Waals surface area contributed by atoms with Crippen LogP contribution in [0.1, 0.15) is 59.3 Å². The van der Waals surface area contributed by atoms with Crippen LogP contribution in [-0.2, 0) is 0 Å². The first-order valence-electron chi connectivity index (χ1n) is 6.51. The van der Waals surface area contributed by atoms with Crippen LogP contribution in [0, 0.1) is 11.8 Å². The highest BCUT2D eigenvalue weighted by Crippen LogP contribution is 2.31. The lowest BCUT2D eigenvalue weighted by Crippen LogP contribution is -2.38. The topological polar surface area (TPSA) is 12.0 Å². The number of hydrogen-bond donors (Lipinski definition) is 1. The second-order valence-corrected chi connectivity index (χ2v) is 5.00. The molecule has 0 aromatic heterocycles. The van der Waals surface area contributed by atoms with Gasteiger partial charge in [0.05, 0.1) is 0 Å². The van der Waals surface area contributed by atoms with Crippen molar-refractivity contribution >= 4 is 0 Å². The van der Waals surface area contributed by atoms with Crippen molar-refractivity contribution in [2.75, 3.05) is 6.54 Å². The summed E-state index contributed by atoms with van der Waals surface area (Å²) in [5, 5.41) is 3.71. The van der Waals surface area contributed by atoms with Crippen molar-refractivity contribution in [2.45, 2.75) is 65.3 Å². The monoisotopic (exact) mass is 197 g/mol. The maximum atomic E-state index is 3.71. The van der Waals surface area contributed by atoms with E-state index in [1.807, 2.05) is 0 Å². The van der Waals surface area contributed by atoms with Crippen molar-refractivity contribution < 1.29 is 0 Å². The molecule has 0 saturated heterocycles. The van der Waals surface area contributed by atoms with Crippen molar-refractivity contribution in [3.8, 4) is 0 Å². The fourth-order valence-corrected chi connectivity index (χ4v) is 2.82. The Balaban J connectivity index is 2.34. The number of hydrogen-bond acceptors (Lipinski definition) is 1. The van der Waals surface area contributed by atoms with Crippen LogP contribution < -0.4 is 5.32 Å². The van der Waals surface area contributed by atoms with E-state index in [2.05, 4.69) is 26.1 Å². The molecule has 0 spiro atoms. The van der Waals surface area contributed by atoms with E-state index >= 15 is 0 Å². The van der Waals surface area contributed by atoms with Gasteiger partial charge in [0.2, 0.25) is 0 Å². The highest BCUT2D eigenvalue weighted by atomic mass is 14.9. The van der Waals surface area contributed by atoms with Crippen LogP contribution in [0.4, 0.5) is 0 Å². The lowest BCUT2D eigenvalue weighted by atomic mass is 9.78. The molecule has 1 heteroatoms. The van der Waals surface area contributed by atoms with Crippen molar-refractivity contribution in [3.63, 3.8) is 0 Å². The van der Waals surface area contributed by atoms with E-state index in [-0.39, 0.29) is 0 Å². The van der Waals surface area contributed by atoms with Gasteiger partial charge in [0.15, 0.2) is 0 Å². The lowest BCUT2D eigenvalue weighted by Gasteiger charge is -2.33. The zero-order valence-corrected chi connectivity index (χ0v) is 10.2. The molecule has 0 heterocycles. The Kier molecular flexibility index (Phi) is 5.54. The summed E-state index contributed by atoms with van der Waals surface area (Å²) in [4.78, 5) is 0.